The minimum Gasteiger partial charge on any atom is -0.463 e. The standard InChI is InChI=1S/C16H14ClN3O4/c1-23-16(22)14-7-13(20-24-14)15(21)18-5-4-9-8-19-12-3-2-10(17)6-11(9)12/h2-3,6-8,19H,4-5H2,1H3,(H,18,21). The van der Waals surface area contributed by atoms with Gasteiger partial charge in [0.05, 0.1) is 7.11 Å². The molecule has 0 aliphatic heterocycles. The number of hydrogen-bond donors (Lipinski definition) is 2. The first-order chi connectivity index (χ1) is 11.6. The smallest absolute Gasteiger partial charge is 0.376 e. The molecule has 0 aliphatic carbocycles. The Morgan fingerprint density at radius 2 is 2.21 bits per heavy atom. The van der Waals surface area contributed by atoms with Gasteiger partial charge >= 0.3 is 5.97 Å². The van der Waals surface area contributed by atoms with E-state index in [4.69, 9.17) is 16.1 Å². The number of halogens is 1. The van der Waals surface area contributed by atoms with Crippen LogP contribution in [0.2, 0.25) is 5.02 Å². The molecule has 8 heteroatoms. The van der Waals surface area contributed by atoms with E-state index in [9.17, 15) is 9.59 Å². The molecule has 3 aromatic rings. The fourth-order valence-corrected chi connectivity index (χ4v) is 2.51. The molecule has 0 bridgehead atoms. The number of carbonyl (C=O) groups excluding carboxylic acids is 2. The van der Waals surface area contributed by atoms with Crippen LogP contribution in [0.1, 0.15) is 26.6 Å². The first-order valence-corrected chi connectivity index (χ1v) is 7.55. The van der Waals surface area contributed by atoms with Crippen molar-refractivity contribution >= 4 is 34.4 Å². The third kappa shape index (κ3) is 3.26. The first-order valence-electron chi connectivity index (χ1n) is 7.17. The third-order valence-corrected chi connectivity index (χ3v) is 3.77. The third-order valence-electron chi connectivity index (χ3n) is 3.54. The summed E-state index contributed by atoms with van der Waals surface area (Å²) in [5.74, 6) is -1.22. The van der Waals surface area contributed by atoms with Gasteiger partial charge in [-0.2, -0.15) is 0 Å². The Morgan fingerprint density at radius 3 is 3.00 bits per heavy atom. The number of carbonyl (C=O) groups is 2. The Balaban J connectivity index is 1.61. The number of methoxy groups -OCH3 is 1. The van der Waals surface area contributed by atoms with Crippen LogP contribution < -0.4 is 5.32 Å². The molecule has 0 spiro atoms. The van der Waals surface area contributed by atoms with Gasteiger partial charge in [0, 0.05) is 34.7 Å². The summed E-state index contributed by atoms with van der Waals surface area (Å²) in [6.45, 7) is 0.402. The predicted octanol–water partition coefficient (Wildman–Crippen LogP) is 2.57. The fraction of sp³-hybridized carbons (Fsp3) is 0.188. The van der Waals surface area contributed by atoms with Gasteiger partial charge in [0.1, 0.15) is 0 Å². The van der Waals surface area contributed by atoms with Crippen molar-refractivity contribution in [3.8, 4) is 0 Å². The Hall–Kier alpha value is -2.80. The van der Waals surface area contributed by atoms with E-state index in [2.05, 4.69) is 20.2 Å². The summed E-state index contributed by atoms with van der Waals surface area (Å²) in [6.07, 6.45) is 2.51. The topological polar surface area (TPSA) is 97.2 Å². The Labute approximate surface area is 141 Å². The van der Waals surface area contributed by atoms with Gasteiger partial charge in [0.2, 0.25) is 5.76 Å². The molecule has 0 radical (unpaired) electrons. The number of rotatable bonds is 5. The molecule has 0 atom stereocenters. The molecular weight excluding hydrogens is 334 g/mol. The van der Waals surface area contributed by atoms with Gasteiger partial charge in [0.15, 0.2) is 5.69 Å². The normalized spacial score (nSPS) is 10.8. The number of amides is 1. The molecule has 2 N–H and O–H groups in total. The van der Waals surface area contributed by atoms with Gasteiger partial charge in [0.25, 0.3) is 5.91 Å². The van der Waals surface area contributed by atoms with Gasteiger partial charge in [-0.05, 0) is 30.2 Å². The highest BCUT2D eigenvalue weighted by atomic mass is 35.5. The van der Waals surface area contributed by atoms with Crippen molar-refractivity contribution in [2.45, 2.75) is 6.42 Å². The van der Waals surface area contributed by atoms with Gasteiger partial charge in [-0.1, -0.05) is 16.8 Å². The number of H-pyrrole nitrogens is 1. The molecule has 3 rings (SSSR count). The Kier molecular flexibility index (Phi) is 4.52. The van der Waals surface area contributed by atoms with E-state index < -0.39 is 11.9 Å². The second-order valence-electron chi connectivity index (χ2n) is 5.08. The maximum absolute atomic E-state index is 12.0. The average molecular weight is 348 g/mol. The van der Waals surface area contributed by atoms with Crippen molar-refractivity contribution in [1.29, 1.82) is 0 Å². The summed E-state index contributed by atoms with van der Waals surface area (Å²) in [6, 6.07) is 6.84. The molecule has 1 aromatic carbocycles. The molecule has 24 heavy (non-hydrogen) atoms. The van der Waals surface area contributed by atoms with E-state index in [0.717, 1.165) is 16.5 Å². The van der Waals surface area contributed by atoms with Gasteiger partial charge in [-0.3, -0.25) is 4.79 Å². The second-order valence-corrected chi connectivity index (χ2v) is 5.51. The molecule has 2 aromatic heterocycles. The van der Waals surface area contributed by atoms with E-state index in [1.54, 1.807) is 0 Å². The number of aromatic nitrogens is 2. The molecule has 0 saturated heterocycles. The first kappa shape index (κ1) is 16.1. The van der Waals surface area contributed by atoms with E-state index >= 15 is 0 Å². The Morgan fingerprint density at radius 1 is 1.38 bits per heavy atom. The van der Waals surface area contributed by atoms with Crippen LogP contribution in [0.5, 0.6) is 0 Å². The van der Waals surface area contributed by atoms with Crippen LogP contribution in [-0.4, -0.2) is 35.7 Å². The molecule has 0 unspecified atom stereocenters. The number of aromatic amines is 1. The number of fused-ring (bicyclic) bond motifs is 1. The minimum absolute atomic E-state index is 0.0253. The monoisotopic (exact) mass is 347 g/mol. The lowest BCUT2D eigenvalue weighted by atomic mass is 10.1. The zero-order chi connectivity index (χ0) is 17.1. The van der Waals surface area contributed by atoms with Gasteiger partial charge in [-0.15, -0.1) is 0 Å². The van der Waals surface area contributed by atoms with Gasteiger partial charge < -0.3 is 19.6 Å². The highest BCUT2D eigenvalue weighted by Gasteiger charge is 2.17. The van der Waals surface area contributed by atoms with E-state index in [1.165, 1.54) is 13.2 Å². The van der Waals surface area contributed by atoms with Crippen molar-refractivity contribution in [3.63, 3.8) is 0 Å². The lowest BCUT2D eigenvalue weighted by Crippen LogP contribution is -2.25. The number of benzene rings is 1. The molecule has 0 saturated carbocycles. The quantitative estimate of drug-likeness (QED) is 0.691. The largest absolute Gasteiger partial charge is 0.463 e. The van der Waals surface area contributed by atoms with Crippen LogP contribution in [-0.2, 0) is 11.2 Å². The average Bonchev–Trinajstić information content (AvgIpc) is 3.21. The van der Waals surface area contributed by atoms with Crippen molar-refractivity contribution in [2.75, 3.05) is 13.7 Å². The minimum atomic E-state index is -0.683. The van der Waals surface area contributed by atoms with Crippen LogP contribution in [0.15, 0.2) is 35.0 Å². The predicted molar refractivity (Wildman–Crippen MR) is 87.2 cm³/mol. The van der Waals surface area contributed by atoms with E-state index in [-0.39, 0.29) is 11.5 Å². The van der Waals surface area contributed by atoms with Crippen molar-refractivity contribution in [1.82, 2.24) is 15.5 Å². The summed E-state index contributed by atoms with van der Waals surface area (Å²) >= 11 is 6.01. The fourth-order valence-electron chi connectivity index (χ4n) is 2.34. The zero-order valence-electron chi connectivity index (χ0n) is 12.8. The van der Waals surface area contributed by atoms with Crippen molar-refractivity contribution in [3.05, 3.63) is 52.5 Å². The van der Waals surface area contributed by atoms with Crippen LogP contribution in [0.25, 0.3) is 10.9 Å². The maximum atomic E-state index is 12.0. The molecule has 7 nitrogen and oxygen atoms in total. The summed E-state index contributed by atoms with van der Waals surface area (Å²) in [7, 11) is 1.22. The number of ether oxygens (including phenoxy) is 1. The SMILES string of the molecule is COC(=O)c1cc(C(=O)NCCc2c[nH]c3ccc(Cl)cc23)no1. The van der Waals surface area contributed by atoms with Crippen molar-refractivity contribution < 1.29 is 18.8 Å². The van der Waals surface area contributed by atoms with E-state index in [0.29, 0.717) is 18.0 Å². The molecule has 0 fully saturated rings. The summed E-state index contributed by atoms with van der Waals surface area (Å²) in [5, 5.41) is 7.95. The number of nitrogens with one attached hydrogen (secondary N) is 2. The maximum Gasteiger partial charge on any atom is 0.376 e. The number of esters is 1. The summed E-state index contributed by atoms with van der Waals surface area (Å²) in [5.41, 5.74) is 2.06. The van der Waals surface area contributed by atoms with Crippen LogP contribution in [0.3, 0.4) is 0 Å². The lowest BCUT2D eigenvalue weighted by Gasteiger charge is -2.02. The molecule has 2 heterocycles. The summed E-state index contributed by atoms with van der Waals surface area (Å²) < 4.78 is 9.25. The van der Waals surface area contributed by atoms with Crippen molar-refractivity contribution in [2.24, 2.45) is 0 Å². The molecule has 1 amide bonds. The summed E-state index contributed by atoms with van der Waals surface area (Å²) in [4.78, 5) is 26.4. The Bertz CT molecular complexity index is 900. The van der Waals surface area contributed by atoms with Crippen LogP contribution in [0, 0.1) is 0 Å². The molecular formula is C16H14ClN3O4. The van der Waals surface area contributed by atoms with E-state index in [1.807, 2.05) is 24.4 Å². The van der Waals surface area contributed by atoms with Crippen LogP contribution >= 0.6 is 11.6 Å². The molecule has 0 aliphatic rings. The molecule has 124 valence electrons. The van der Waals surface area contributed by atoms with Gasteiger partial charge in [-0.25, -0.2) is 4.79 Å². The highest BCUT2D eigenvalue weighted by Crippen LogP contribution is 2.22. The number of nitrogens with zero attached hydrogens (tertiary/aromatic N) is 1. The zero-order valence-corrected chi connectivity index (χ0v) is 13.5. The highest BCUT2D eigenvalue weighted by molar-refractivity contribution is 6.31. The lowest BCUT2D eigenvalue weighted by molar-refractivity contribution is 0.0554. The second kappa shape index (κ2) is 6.76. The van der Waals surface area contributed by atoms with Crippen LogP contribution in [0.4, 0.5) is 0 Å². The number of hydrogen-bond acceptors (Lipinski definition) is 5.